The Morgan fingerprint density at radius 3 is 2.59 bits per heavy atom. The highest BCUT2D eigenvalue weighted by atomic mass is 16.5. The van der Waals surface area contributed by atoms with Gasteiger partial charge in [0.15, 0.2) is 0 Å². The number of esters is 1. The van der Waals surface area contributed by atoms with Crippen molar-refractivity contribution in [3.05, 3.63) is 41.5 Å². The molecule has 1 N–H and O–H groups in total. The van der Waals surface area contributed by atoms with Gasteiger partial charge in [0.25, 0.3) is 0 Å². The van der Waals surface area contributed by atoms with E-state index in [9.17, 15) is 4.79 Å². The number of benzene rings is 1. The molecule has 0 heterocycles. The van der Waals surface area contributed by atoms with E-state index >= 15 is 0 Å². The molecule has 27 heavy (non-hydrogen) atoms. The molecule has 150 valence electrons. The third-order valence-electron chi connectivity index (χ3n) is 5.41. The van der Waals surface area contributed by atoms with Crippen molar-refractivity contribution >= 4 is 5.97 Å². The summed E-state index contributed by atoms with van der Waals surface area (Å²) >= 11 is 0. The average Bonchev–Trinajstić information content (AvgIpc) is 2.67. The monoisotopic (exact) mass is 374 g/mol. The van der Waals surface area contributed by atoms with Gasteiger partial charge in [0.1, 0.15) is 12.4 Å². The number of rotatable bonds is 10. The largest absolute Gasteiger partial charge is 0.491 e. The summed E-state index contributed by atoms with van der Waals surface area (Å²) in [5.74, 6) is 1.85. The molecular formula is C23H34O4. The smallest absolute Gasteiger partial charge is 0.333 e. The zero-order valence-electron chi connectivity index (χ0n) is 16.8. The summed E-state index contributed by atoms with van der Waals surface area (Å²) in [6.07, 6.45) is 8.31. The van der Waals surface area contributed by atoms with Crippen LogP contribution in [0.15, 0.2) is 30.4 Å². The minimum Gasteiger partial charge on any atom is -0.491 e. The Labute approximate surface area is 163 Å². The van der Waals surface area contributed by atoms with E-state index in [0.717, 1.165) is 11.7 Å². The highest BCUT2D eigenvalue weighted by molar-refractivity contribution is 5.86. The minimum absolute atomic E-state index is 0.00521. The maximum Gasteiger partial charge on any atom is 0.333 e. The van der Waals surface area contributed by atoms with Gasteiger partial charge in [0.2, 0.25) is 0 Å². The predicted molar refractivity (Wildman–Crippen MR) is 108 cm³/mol. The number of hydrogen-bond donors (Lipinski definition) is 1. The highest BCUT2D eigenvalue weighted by Gasteiger charge is 2.24. The molecule has 2 rings (SSSR count). The van der Waals surface area contributed by atoms with E-state index in [0.29, 0.717) is 24.5 Å². The number of carbonyl (C=O) groups excluding carboxylic acids is 1. The van der Waals surface area contributed by atoms with E-state index in [1.54, 1.807) is 6.92 Å². The Balaban J connectivity index is 2.07. The number of aliphatic hydroxyl groups excluding tert-OH is 1. The van der Waals surface area contributed by atoms with Gasteiger partial charge in [0.05, 0.1) is 13.2 Å². The van der Waals surface area contributed by atoms with Crippen molar-refractivity contribution in [1.82, 2.24) is 0 Å². The van der Waals surface area contributed by atoms with Crippen LogP contribution in [0.3, 0.4) is 0 Å². The van der Waals surface area contributed by atoms with Crippen LogP contribution in [-0.2, 0) is 16.0 Å². The zero-order valence-corrected chi connectivity index (χ0v) is 16.8. The Hall–Kier alpha value is -1.81. The van der Waals surface area contributed by atoms with Crippen molar-refractivity contribution in [2.75, 3.05) is 19.8 Å². The first-order valence-corrected chi connectivity index (χ1v) is 10.2. The summed E-state index contributed by atoms with van der Waals surface area (Å²) in [7, 11) is 0. The van der Waals surface area contributed by atoms with Gasteiger partial charge in [-0.15, -0.1) is 0 Å². The zero-order chi connectivity index (χ0) is 19.6. The Morgan fingerprint density at radius 2 is 1.96 bits per heavy atom. The summed E-state index contributed by atoms with van der Waals surface area (Å²) in [4.78, 5) is 11.7. The quantitative estimate of drug-likeness (QED) is 0.472. The molecule has 1 aliphatic rings. The molecule has 0 aromatic heterocycles. The summed E-state index contributed by atoms with van der Waals surface area (Å²) < 4.78 is 10.9. The molecule has 0 aliphatic heterocycles. The van der Waals surface area contributed by atoms with Crippen molar-refractivity contribution in [3.8, 4) is 5.75 Å². The van der Waals surface area contributed by atoms with E-state index in [1.165, 1.54) is 49.7 Å². The predicted octanol–water partition coefficient (Wildman–Crippen LogP) is 4.79. The van der Waals surface area contributed by atoms with Crippen molar-refractivity contribution in [2.45, 2.75) is 64.7 Å². The lowest BCUT2D eigenvalue weighted by molar-refractivity contribution is -0.138. The molecule has 0 atom stereocenters. The fraction of sp³-hybridized carbons (Fsp3) is 0.609. The lowest BCUT2D eigenvalue weighted by Crippen LogP contribution is -2.16. The fourth-order valence-corrected chi connectivity index (χ4v) is 4.00. The summed E-state index contributed by atoms with van der Waals surface area (Å²) in [6.45, 7) is 8.17. The van der Waals surface area contributed by atoms with Gasteiger partial charge in [-0.05, 0) is 67.7 Å². The van der Waals surface area contributed by atoms with Gasteiger partial charge in [0, 0.05) is 12.0 Å². The minimum atomic E-state index is -0.343. The first-order chi connectivity index (χ1) is 13.0. The van der Waals surface area contributed by atoms with E-state index in [4.69, 9.17) is 14.6 Å². The lowest BCUT2D eigenvalue weighted by Gasteiger charge is -2.30. The van der Waals surface area contributed by atoms with E-state index < -0.39 is 0 Å². The van der Waals surface area contributed by atoms with Crippen LogP contribution in [0.2, 0.25) is 0 Å². The normalized spacial score (nSPS) is 19.5. The lowest BCUT2D eigenvalue weighted by atomic mass is 9.76. The molecule has 1 aromatic carbocycles. The molecule has 1 saturated carbocycles. The molecule has 4 heteroatoms. The van der Waals surface area contributed by atoms with Gasteiger partial charge in [-0.3, -0.25) is 0 Å². The van der Waals surface area contributed by atoms with Crippen LogP contribution in [0.4, 0.5) is 0 Å². The van der Waals surface area contributed by atoms with Crippen molar-refractivity contribution in [2.24, 2.45) is 5.92 Å². The van der Waals surface area contributed by atoms with Crippen LogP contribution < -0.4 is 4.74 Å². The molecule has 1 aromatic rings. The molecule has 0 bridgehead atoms. The molecule has 0 saturated heterocycles. The molecule has 1 fully saturated rings. The molecule has 0 spiro atoms. The van der Waals surface area contributed by atoms with Crippen molar-refractivity contribution < 1.29 is 19.4 Å². The second-order valence-electron chi connectivity index (χ2n) is 7.61. The maximum atomic E-state index is 11.7. The third-order valence-corrected chi connectivity index (χ3v) is 5.41. The maximum absolute atomic E-state index is 11.7. The van der Waals surface area contributed by atoms with E-state index in [2.05, 4.69) is 19.6 Å². The molecular weight excluding hydrogens is 340 g/mol. The van der Waals surface area contributed by atoms with Crippen LogP contribution in [0.1, 0.15) is 69.4 Å². The molecule has 0 radical (unpaired) electrons. The van der Waals surface area contributed by atoms with E-state index in [-0.39, 0.29) is 19.2 Å². The van der Waals surface area contributed by atoms with Crippen LogP contribution in [-0.4, -0.2) is 30.9 Å². The SMILES string of the molecule is C=C(C)C(=O)OCCc1cc(OCCO)ccc1C1CCC(CCC)CC1. The standard InChI is InChI=1S/C23H34O4/c1-4-5-18-6-8-19(9-7-18)22-11-10-21(26-15-13-24)16-20(22)12-14-27-23(25)17(2)3/h10-11,16,18-19,24H,2,4-9,12-15H2,1,3H3. The third kappa shape index (κ3) is 6.69. The van der Waals surface area contributed by atoms with Gasteiger partial charge in [-0.25, -0.2) is 4.79 Å². The Bertz CT molecular complexity index is 615. The summed E-state index contributed by atoms with van der Waals surface area (Å²) in [5, 5.41) is 8.99. The number of aliphatic hydroxyl groups is 1. The van der Waals surface area contributed by atoms with Gasteiger partial charge >= 0.3 is 5.97 Å². The van der Waals surface area contributed by atoms with Gasteiger partial charge in [-0.1, -0.05) is 32.4 Å². The van der Waals surface area contributed by atoms with Crippen molar-refractivity contribution in [1.29, 1.82) is 0 Å². The molecule has 0 amide bonds. The van der Waals surface area contributed by atoms with Gasteiger partial charge in [-0.2, -0.15) is 0 Å². The Morgan fingerprint density at radius 1 is 1.22 bits per heavy atom. The first kappa shape index (κ1) is 21.5. The molecule has 1 aliphatic carbocycles. The topological polar surface area (TPSA) is 55.8 Å². The summed E-state index contributed by atoms with van der Waals surface area (Å²) in [5.41, 5.74) is 2.95. The van der Waals surface area contributed by atoms with E-state index in [1.807, 2.05) is 12.1 Å². The first-order valence-electron chi connectivity index (χ1n) is 10.2. The van der Waals surface area contributed by atoms with Gasteiger partial charge < -0.3 is 14.6 Å². The number of hydrogen-bond acceptors (Lipinski definition) is 4. The fourth-order valence-electron chi connectivity index (χ4n) is 4.00. The highest BCUT2D eigenvalue weighted by Crippen LogP contribution is 2.39. The second-order valence-corrected chi connectivity index (χ2v) is 7.61. The van der Waals surface area contributed by atoms with Crippen LogP contribution in [0, 0.1) is 5.92 Å². The van der Waals surface area contributed by atoms with Crippen molar-refractivity contribution in [3.63, 3.8) is 0 Å². The van der Waals surface area contributed by atoms with Crippen LogP contribution >= 0.6 is 0 Å². The average molecular weight is 375 g/mol. The van der Waals surface area contributed by atoms with Crippen LogP contribution in [0.25, 0.3) is 0 Å². The molecule has 0 unspecified atom stereocenters. The number of carbonyl (C=O) groups is 1. The Kier molecular flexibility index (Phi) is 8.86. The molecule has 4 nitrogen and oxygen atoms in total. The second kappa shape index (κ2) is 11.1. The summed E-state index contributed by atoms with van der Waals surface area (Å²) in [6, 6.07) is 6.19. The number of ether oxygens (including phenoxy) is 2. The van der Waals surface area contributed by atoms with Crippen LogP contribution in [0.5, 0.6) is 5.75 Å².